The maximum atomic E-state index is 6.45. The second kappa shape index (κ2) is 7.45. The molecule has 4 nitrogen and oxygen atoms in total. The summed E-state index contributed by atoms with van der Waals surface area (Å²) in [5.74, 6) is 0. The number of halogens is 1. The van der Waals surface area contributed by atoms with E-state index < -0.39 is 0 Å². The van der Waals surface area contributed by atoms with Gasteiger partial charge in [0.05, 0.1) is 10.7 Å². The summed E-state index contributed by atoms with van der Waals surface area (Å²) in [5, 5.41) is 0.766. The number of hydrogen-bond donors (Lipinski definition) is 1. The fourth-order valence-electron chi connectivity index (χ4n) is 2.88. The predicted octanol–water partition coefficient (Wildman–Crippen LogP) is 2.47. The summed E-state index contributed by atoms with van der Waals surface area (Å²) in [6.45, 7) is 3.67. The number of hydrogen-bond acceptors (Lipinski definition) is 4. The van der Waals surface area contributed by atoms with Crippen LogP contribution in [0.3, 0.4) is 0 Å². The van der Waals surface area contributed by atoms with Crippen molar-refractivity contribution < 1.29 is 9.47 Å². The average Bonchev–Trinajstić information content (AvgIpc) is 2.90. The van der Waals surface area contributed by atoms with Crippen molar-refractivity contribution in [2.24, 2.45) is 5.73 Å². The smallest absolute Gasteiger partial charge is 0.102 e. The minimum absolute atomic E-state index is 0.0685. The van der Waals surface area contributed by atoms with Crippen LogP contribution in [-0.2, 0) is 15.9 Å². The third kappa shape index (κ3) is 3.69. The van der Waals surface area contributed by atoms with Crippen molar-refractivity contribution in [1.29, 1.82) is 0 Å². The molecule has 3 atom stereocenters. The molecule has 1 heterocycles. The monoisotopic (exact) mass is 312 g/mol. The van der Waals surface area contributed by atoms with E-state index in [4.69, 9.17) is 26.8 Å². The first-order chi connectivity index (χ1) is 10.1. The van der Waals surface area contributed by atoms with Crippen molar-refractivity contribution >= 4 is 17.3 Å². The zero-order valence-corrected chi connectivity index (χ0v) is 13.8. The number of para-hydroxylation sites is 1. The van der Waals surface area contributed by atoms with E-state index in [0.29, 0.717) is 0 Å². The molecule has 1 aliphatic heterocycles. The lowest BCUT2D eigenvalue weighted by atomic mass is 10.0. The van der Waals surface area contributed by atoms with Crippen LogP contribution in [-0.4, -0.2) is 45.6 Å². The highest BCUT2D eigenvalue weighted by Crippen LogP contribution is 2.34. The van der Waals surface area contributed by atoms with Gasteiger partial charge in [-0.2, -0.15) is 0 Å². The van der Waals surface area contributed by atoms with Gasteiger partial charge in [0.2, 0.25) is 0 Å². The maximum Gasteiger partial charge on any atom is 0.102 e. The van der Waals surface area contributed by atoms with Crippen LogP contribution in [0.5, 0.6) is 0 Å². The number of ether oxygens (including phenoxy) is 2. The number of benzene rings is 1. The summed E-state index contributed by atoms with van der Waals surface area (Å²) in [5.41, 5.74) is 8.39. The van der Waals surface area contributed by atoms with E-state index in [-0.39, 0.29) is 18.2 Å². The normalized spacial score (nSPS) is 23.6. The Morgan fingerprint density at radius 3 is 2.43 bits per heavy atom. The minimum Gasteiger partial charge on any atom is -0.377 e. The molecule has 0 spiro atoms. The van der Waals surface area contributed by atoms with Gasteiger partial charge in [-0.15, -0.1) is 0 Å². The van der Waals surface area contributed by atoms with Crippen LogP contribution in [0.2, 0.25) is 5.02 Å². The molecular weight excluding hydrogens is 288 g/mol. The molecular formula is C16H25ClN2O2. The third-order valence-corrected chi connectivity index (χ3v) is 4.52. The Labute approximate surface area is 132 Å². The molecule has 0 amide bonds. The van der Waals surface area contributed by atoms with Crippen LogP contribution in [0, 0.1) is 0 Å². The van der Waals surface area contributed by atoms with Gasteiger partial charge in [-0.05, 0) is 24.5 Å². The molecule has 0 aliphatic carbocycles. The lowest BCUT2D eigenvalue weighted by Gasteiger charge is -2.24. The Bertz CT molecular complexity index is 458. The highest BCUT2D eigenvalue weighted by atomic mass is 35.5. The molecule has 1 aromatic rings. The van der Waals surface area contributed by atoms with Crippen molar-refractivity contribution in [2.75, 3.05) is 32.2 Å². The second-order valence-corrected chi connectivity index (χ2v) is 5.98. The fraction of sp³-hybridized carbons (Fsp3) is 0.625. The van der Waals surface area contributed by atoms with E-state index in [1.54, 1.807) is 14.2 Å². The lowest BCUT2D eigenvalue weighted by Crippen LogP contribution is -2.27. The second-order valence-electron chi connectivity index (χ2n) is 5.57. The molecule has 1 aliphatic rings. The summed E-state index contributed by atoms with van der Waals surface area (Å²) in [7, 11) is 3.45. The number of nitrogens with two attached hydrogens (primary N) is 1. The van der Waals surface area contributed by atoms with Gasteiger partial charge in [-0.3, -0.25) is 0 Å². The molecule has 0 aromatic heterocycles. The SMILES string of the molecule is CCC(N)Cc1cccc(Cl)c1N1CC(OC)C(OC)C1. The summed E-state index contributed by atoms with van der Waals surface area (Å²) in [6, 6.07) is 6.18. The van der Waals surface area contributed by atoms with Crippen molar-refractivity contribution in [3.63, 3.8) is 0 Å². The van der Waals surface area contributed by atoms with Crippen LogP contribution in [0.15, 0.2) is 18.2 Å². The van der Waals surface area contributed by atoms with Gasteiger partial charge in [0.25, 0.3) is 0 Å². The number of rotatable bonds is 6. The maximum absolute atomic E-state index is 6.45. The Kier molecular flexibility index (Phi) is 5.88. The molecule has 1 fully saturated rings. The topological polar surface area (TPSA) is 47.7 Å². The molecule has 2 rings (SSSR count). The quantitative estimate of drug-likeness (QED) is 0.876. The van der Waals surface area contributed by atoms with Crippen LogP contribution in [0.25, 0.3) is 0 Å². The lowest BCUT2D eigenvalue weighted by molar-refractivity contribution is -0.00461. The van der Waals surface area contributed by atoms with Gasteiger partial charge in [0.1, 0.15) is 12.2 Å². The minimum atomic E-state index is 0.0685. The van der Waals surface area contributed by atoms with E-state index in [0.717, 1.165) is 36.6 Å². The molecule has 0 bridgehead atoms. The number of methoxy groups -OCH3 is 2. The summed E-state index contributed by atoms with van der Waals surface area (Å²) in [6.07, 6.45) is 1.92. The molecule has 0 saturated carbocycles. The third-order valence-electron chi connectivity index (χ3n) is 4.21. The molecule has 2 N–H and O–H groups in total. The van der Waals surface area contributed by atoms with Gasteiger partial charge in [0.15, 0.2) is 0 Å². The summed E-state index contributed by atoms with van der Waals surface area (Å²) < 4.78 is 11.0. The zero-order chi connectivity index (χ0) is 15.4. The van der Waals surface area contributed by atoms with E-state index >= 15 is 0 Å². The highest BCUT2D eigenvalue weighted by molar-refractivity contribution is 6.33. The van der Waals surface area contributed by atoms with E-state index in [2.05, 4.69) is 17.9 Å². The van der Waals surface area contributed by atoms with Crippen LogP contribution in [0.4, 0.5) is 5.69 Å². The van der Waals surface area contributed by atoms with Crippen molar-refractivity contribution in [1.82, 2.24) is 0 Å². The first-order valence-electron chi connectivity index (χ1n) is 7.44. The first-order valence-corrected chi connectivity index (χ1v) is 7.82. The molecule has 1 saturated heterocycles. The Morgan fingerprint density at radius 1 is 1.29 bits per heavy atom. The molecule has 118 valence electrons. The summed E-state index contributed by atoms with van der Waals surface area (Å²) >= 11 is 6.45. The number of nitrogens with zero attached hydrogens (tertiary/aromatic N) is 1. The van der Waals surface area contributed by atoms with Gasteiger partial charge in [-0.1, -0.05) is 30.7 Å². The Hall–Kier alpha value is -0.810. The highest BCUT2D eigenvalue weighted by Gasteiger charge is 2.34. The van der Waals surface area contributed by atoms with Gasteiger partial charge >= 0.3 is 0 Å². The van der Waals surface area contributed by atoms with Crippen LogP contribution in [0.1, 0.15) is 18.9 Å². The van der Waals surface area contributed by atoms with Crippen molar-refractivity contribution in [2.45, 2.75) is 38.0 Å². The zero-order valence-electron chi connectivity index (χ0n) is 13.0. The van der Waals surface area contributed by atoms with Crippen LogP contribution < -0.4 is 10.6 Å². The fourth-order valence-corrected chi connectivity index (χ4v) is 3.20. The molecule has 5 heteroatoms. The van der Waals surface area contributed by atoms with E-state index in [1.807, 2.05) is 12.1 Å². The number of anilines is 1. The van der Waals surface area contributed by atoms with E-state index in [9.17, 15) is 0 Å². The average molecular weight is 313 g/mol. The molecule has 1 aromatic carbocycles. The van der Waals surface area contributed by atoms with Gasteiger partial charge < -0.3 is 20.1 Å². The standard InChI is InChI=1S/C16H25ClN2O2/c1-4-12(18)8-11-6-5-7-13(17)16(11)19-9-14(20-2)15(10-19)21-3/h5-7,12,14-15H,4,8-10,18H2,1-3H3. The Balaban J connectivity index is 2.26. The molecule has 3 unspecified atom stereocenters. The van der Waals surface area contributed by atoms with Crippen LogP contribution >= 0.6 is 11.6 Å². The Morgan fingerprint density at radius 2 is 1.90 bits per heavy atom. The van der Waals surface area contributed by atoms with Gasteiger partial charge in [0, 0.05) is 33.4 Å². The van der Waals surface area contributed by atoms with Gasteiger partial charge in [-0.25, -0.2) is 0 Å². The van der Waals surface area contributed by atoms with Crippen molar-refractivity contribution in [3.8, 4) is 0 Å². The van der Waals surface area contributed by atoms with Crippen molar-refractivity contribution in [3.05, 3.63) is 28.8 Å². The predicted molar refractivity (Wildman–Crippen MR) is 87.2 cm³/mol. The largest absolute Gasteiger partial charge is 0.377 e. The molecule has 0 radical (unpaired) electrons. The first kappa shape index (κ1) is 16.6. The molecule has 21 heavy (non-hydrogen) atoms. The van der Waals surface area contributed by atoms with E-state index in [1.165, 1.54) is 5.56 Å². The summed E-state index contributed by atoms with van der Waals surface area (Å²) in [4.78, 5) is 2.25.